The number of likely N-dealkylation sites (N-methyl/N-ethyl adjacent to an activating group) is 1. The molecule has 0 bridgehead atoms. The first kappa shape index (κ1) is 20.2. The zero-order chi connectivity index (χ0) is 16.8. The van der Waals surface area contributed by atoms with E-state index >= 15 is 0 Å². The SMILES string of the molecule is CC(CN(C)C)NCC1CCCCC1SC1C(Cl)CCCC1Cl. The molecule has 0 aromatic carbocycles. The Bertz CT molecular complexity index is 333. The highest BCUT2D eigenvalue weighted by Crippen LogP contribution is 2.42. The number of nitrogens with zero attached hydrogens (tertiary/aromatic N) is 1. The van der Waals surface area contributed by atoms with Crippen LogP contribution in [-0.2, 0) is 0 Å². The van der Waals surface area contributed by atoms with Crippen LogP contribution >= 0.6 is 35.0 Å². The molecule has 0 heterocycles. The molecule has 0 amide bonds. The average Bonchev–Trinajstić information content (AvgIpc) is 2.49. The van der Waals surface area contributed by atoms with E-state index in [0.717, 1.165) is 37.1 Å². The van der Waals surface area contributed by atoms with Gasteiger partial charge >= 0.3 is 0 Å². The van der Waals surface area contributed by atoms with Gasteiger partial charge in [0.25, 0.3) is 0 Å². The van der Waals surface area contributed by atoms with Crippen molar-refractivity contribution in [2.45, 2.75) is 79.2 Å². The summed E-state index contributed by atoms with van der Waals surface area (Å²) in [4.78, 5) is 2.25. The molecule has 0 aromatic rings. The van der Waals surface area contributed by atoms with Gasteiger partial charge in [0.05, 0.1) is 0 Å². The zero-order valence-electron chi connectivity index (χ0n) is 14.9. The molecule has 5 atom stereocenters. The van der Waals surface area contributed by atoms with Gasteiger partial charge in [-0.1, -0.05) is 19.3 Å². The summed E-state index contributed by atoms with van der Waals surface area (Å²) < 4.78 is 0. The normalized spacial score (nSPS) is 37.0. The quantitative estimate of drug-likeness (QED) is 0.650. The predicted octanol–water partition coefficient (Wildman–Crippen LogP) is 4.59. The number of alkyl halides is 2. The summed E-state index contributed by atoms with van der Waals surface area (Å²) in [7, 11) is 4.28. The molecule has 5 unspecified atom stereocenters. The molecule has 2 aliphatic rings. The van der Waals surface area contributed by atoms with Gasteiger partial charge in [0.2, 0.25) is 0 Å². The molecule has 0 saturated heterocycles. The summed E-state index contributed by atoms with van der Waals surface area (Å²) >= 11 is 15.3. The Morgan fingerprint density at radius 2 is 1.70 bits per heavy atom. The van der Waals surface area contributed by atoms with Gasteiger partial charge < -0.3 is 10.2 Å². The number of rotatable bonds is 7. The Morgan fingerprint density at radius 1 is 1.04 bits per heavy atom. The zero-order valence-corrected chi connectivity index (χ0v) is 17.3. The molecule has 1 N–H and O–H groups in total. The van der Waals surface area contributed by atoms with Crippen molar-refractivity contribution < 1.29 is 0 Å². The molecule has 2 aliphatic carbocycles. The largest absolute Gasteiger partial charge is 0.313 e. The van der Waals surface area contributed by atoms with Crippen LogP contribution < -0.4 is 5.32 Å². The lowest BCUT2D eigenvalue weighted by Crippen LogP contribution is -2.42. The molecular formula is C18H34Cl2N2S. The molecule has 5 heteroatoms. The number of hydrogen-bond acceptors (Lipinski definition) is 3. The van der Waals surface area contributed by atoms with Crippen LogP contribution in [0.2, 0.25) is 0 Å². The van der Waals surface area contributed by atoms with Crippen molar-refractivity contribution in [1.29, 1.82) is 0 Å². The number of nitrogens with one attached hydrogen (secondary N) is 1. The smallest absolute Gasteiger partial charge is 0.0469 e. The van der Waals surface area contributed by atoms with Crippen molar-refractivity contribution in [2.24, 2.45) is 5.92 Å². The minimum absolute atomic E-state index is 0.263. The molecule has 2 rings (SSSR count). The monoisotopic (exact) mass is 380 g/mol. The summed E-state index contributed by atoms with van der Waals surface area (Å²) in [6, 6.07) is 0.550. The van der Waals surface area contributed by atoms with E-state index in [4.69, 9.17) is 23.2 Å². The van der Waals surface area contributed by atoms with E-state index in [9.17, 15) is 0 Å². The Balaban J connectivity index is 1.85. The van der Waals surface area contributed by atoms with Gasteiger partial charge in [-0.25, -0.2) is 0 Å². The molecule has 2 nitrogen and oxygen atoms in total. The number of hydrogen-bond donors (Lipinski definition) is 1. The van der Waals surface area contributed by atoms with Crippen molar-refractivity contribution in [3.05, 3.63) is 0 Å². The van der Waals surface area contributed by atoms with E-state index in [1.165, 1.54) is 32.1 Å². The Morgan fingerprint density at radius 3 is 2.35 bits per heavy atom. The maximum absolute atomic E-state index is 6.60. The molecule has 0 spiro atoms. The third-order valence-corrected chi connectivity index (χ3v) is 8.43. The second-order valence-electron chi connectivity index (χ2n) is 7.72. The van der Waals surface area contributed by atoms with Gasteiger partial charge in [-0.3, -0.25) is 0 Å². The van der Waals surface area contributed by atoms with Gasteiger partial charge in [-0.2, -0.15) is 11.8 Å². The second-order valence-corrected chi connectivity index (χ2v) is 10.3. The molecule has 0 aliphatic heterocycles. The van der Waals surface area contributed by atoms with Crippen LogP contribution in [0, 0.1) is 5.92 Å². The molecule has 23 heavy (non-hydrogen) atoms. The van der Waals surface area contributed by atoms with Crippen LogP contribution in [0.4, 0.5) is 0 Å². The lowest BCUT2D eigenvalue weighted by atomic mass is 9.88. The van der Waals surface area contributed by atoms with Gasteiger partial charge in [0.15, 0.2) is 0 Å². The van der Waals surface area contributed by atoms with E-state index in [1.807, 2.05) is 0 Å². The van der Waals surface area contributed by atoms with Crippen molar-refractivity contribution in [1.82, 2.24) is 10.2 Å². The predicted molar refractivity (Wildman–Crippen MR) is 106 cm³/mol. The van der Waals surface area contributed by atoms with Gasteiger partial charge in [-0.05, 0) is 59.2 Å². The first-order valence-corrected chi connectivity index (χ1v) is 11.1. The third kappa shape index (κ3) is 6.58. The third-order valence-electron chi connectivity index (χ3n) is 5.21. The molecule has 0 radical (unpaired) electrons. The topological polar surface area (TPSA) is 15.3 Å². The average molecular weight is 381 g/mol. The van der Waals surface area contributed by atoms with Gasteiger partial charge in [0, 0.05) is 33.8 Å². The van der Waals surface area contributed by atoms with Crippen molar-refractivity contribution in [3.8, 4) is 0 Å². The first-order valence-electron chi connectivity index (χ1n) is 9.29. The lowest BCUT2D eigenvalue weighted by molar-refractivity contribution is 0.306. The highest BCUT2D eigenvalue weighted by Gasteiger charge is 2.36. The molecule has 0 aromatic heterocycles. The summed E-state index contributed by atoms with van der Waals surface area (Å²) in [5.41, 5.74) is 0. The second kappa shape index (κ2) is 10.1. The summed E-state index contributed by atoms with van der Waals surface area (Å²) in [6.07, 6.45) is 8.90. The fourth-order valence-electron chi connectivity index (χ4n) is 3.99. The van der Waals surface area contributed by atoms with E-state index in [-0.39, 0.29) is 10.8 Å². The summed E-state index contributed by atoms with van der Waals surface area (Å²) in [6.45, 7) is 4.52. The van der Waals surface area contributed by atoms with Crippen molar-refractivity contribution in [3.63, 3.8) is 0 Å². The van der Waals surface area contributed by atoms with Crippen molar-refractivity contribution in [2.75, 3.05) is 27.2 Å². The fraction of sp³-hybridized carbons (Fsp3) is 1.00. The Labute approximate surface area is 157 Å². The molecule has 136 valence electrons. The van der Waals surface area contributed by atoms with Crippen LogP contribution in [0.5, 0.6) is 0 Å². The lowest BCUT2D eigenvalue weighted by Gasteiger charge is -2.38. The van der Waals surface area contributed by atoms with E-state index < -0.39 is 0 Å². The molecular weight excluding hydrogens is 347 g/mol. The Kier molecular flexibility index (Phi) is 8.86. The van der Waals surface area contributed by atoms with Crippen LogP contribution in [-0.4, -0.2) is 59.4 Å². The maximum atomic E-state index is 6.60. The standard InChI is InChI=1S/C18H34Cl2N2S/c1-13(12-22(2)3)21-11-14-7-4-5-10-17(14)23-18-15(19)8-6-9-16(18)20/h13-18,21H,4-12H2,1-3H3. The minimum Gasteiger partial charge on any atom is -0.313 e. The first-order chi connectivity index (χ1) is 11.0. The molecule has 2 fully saturated rings. The summed E-state index contributed by atoms with van der Waals surface area (Å²) in [5.74, 6) is 0.771. The number of thioether (sulfide) groups is 1. The van der Waals surface area contributed by atoms with Crippen LogP contribution in [0.3, 0.4) is 0 Å². The van der Waals surface area contributed by atoms with Crippen LogP contribution in [0.15, 0.2) is 0 Å². The van der Waals surface area contributed by atoms with E-state index in [1.54, 1.807) is 0 Å². The number of halogens is 2. The minimum atomic E-state index is 0.263. The van der Waals surface area contributed by atoms with Gasteiger partial charge in [-0.15, -0.1) is 23.2 Å². The fourth-order valence-corrected chi connectivity index (χ4v) is 6.85. The Hall–Kier alpha value is 0.850. The highest BCUT2D eigenvalue weighted by molar-refractivity contribution is 8.00. The van der Waals surface area contributed by atoms with Crippen LogP contribution in [0.1, 0.15) is 51.9 Å². The highest BCUT2D eigenvalue weighted by atomic mass is 35.5. The van der Waals surface area contributed by atoms with Crippen LogP contribution in [0.25, 0.3) is 0 Å². The molecule has 2 saturated carbocycles. The van der Waals surface area contributed by atoms with Gasteiger partial charge in [0.1, 0.15) is 0 Å². The summed E-state index contributed by atoms with van der Waals surface area (Å²) in [5, 5.41) is 5.45. The van der Waals surface area contributed by atoms with E-state index in [2.05, 4.69) is 43.0 Å². The van der Waals surface area contributed by atoms with E-state index in [0.29, 0.717) is 11.3 Å². The maximum Gasteiger partial charge on any atom is 0.0469 e. The van der Waals surface area contributed by atoms with Crippen molar-refractivity contribution >= 4 is 35.0 Å².